The molecule has 3 nitrogen and oxygen atoms in total. The molecule has 0 radical (unpaired) electrons. The van der Waals surface area contributed by atoms with E-state index in [2.05, 4.69) is 39.5 Å². The monoisotopic (exact) mass is 369 g/mol. The van der Waals surface area contributed by atoms with E-state index < -0.39 is 0 Å². The fourth-order valence-corrected chi connectivity index (χ4v) is 3.08. The minimum Gasteiger partial charge on any atom is -0.310 e. The topological polar surface area (TPSA) is 29.9 Å². The van der Waals surface area contributed by atoms with Gasteiger partial charge in [0, 0.05) is 28.8 Å². The van der Waals surface area contributed by atoms with Crippen LogP contribution in [0.15, 0.2) is 35.1 Å². The number of rotatable bonds is 7. The first-order valence-corrected chi connectivity index (χ1v) is 8.43. The van der Waals surface area contributed by atoms with Gasteiger partial charge in [0.2, 0.25) is 0 Å². The van der Waals surface area contributed by atoms with Gasteiger partial charge in [-0.15, -0.1) is 0 Å². The summed E-state index contributed by atoms with van der Waals surface area (Å²) in [5, 5.41) is 8.62. The normalized spacial score (nSPS) is 12.6. The zero-order valence-electron chi connectivity index (χ0n) is 12.4. The number of halogens is 2. The number of hydrogen-bond donors (Lipinski definition) is 1. The maximum absolute atomic E-state index is 6.15. The van der Waals surface area contributed by atoms with Gasteiger partial charge < -0.3 is 5.32 Å². The fourth-order valence-electron chi connectivity index (χ4n) is 2.38. The van der Waals surface area contributed by atoms with Crippen molar-refractivity contribution in [3.05, 3.63) is 51.2 Å². The molecule has 1 heterocycles. The van der Waals surface area contributed by atoms with E-state index >= 15 is 0 Å². The van der Waals surface area contributed by atoms with Crippen LogP contribution in [0.25, 0.3) is 0 Å². The summed E-state index contributed by atoms with van der Waals surface area (Å²) >= 11 is 9.79. The number of nitrogens with one attached hydrogen (secondary N) is 1. The van der Waals surface area contributed by atoms with Gasteiger partial charge in [-0.3, -0.25) is 4.68 Å². The van der Waals surface area contributed by atoms with Crippen LogP contribution in [0, 0.1) is 0 Å². The van der Waals surface area contributed by atoms with Gasteiger partial charge in [-0.25, -0.2) is 0 Å². The summed E-state index contributed by atoms with van der Waals surface area (Å²) in [4.78, 5) is 0. The van der Waals surface area contributed by atoms with Gasteiger partial charge in [-0.2, -0.15) is 5.10 Å². The Labute approximate surface area is 139 Å². The zero-order chi connectivity index (χ0) is 15.2. The molecule has 1 unspecified atom stereocenters. The third kappa shape index (κ3) is 4.83. The van der Waals surface area contributed by atoms with Crippen molar-refractivity contribution in [2.75, 3.05) is 6.54 Å². The van der Waals surface area contributed by atoms with Crippen LogP contribution < -0.4 is 5.32 Å². The van der Waals surface area contributed by atoms with Crippen LogP contribution in [-0.4, -0.2) is 16.3 Å². The summed E-state index contributed by atoms with van der Waals surface area (Å²) in [7, 11) is 1.95. The number of aromatic nitrogens is 2. The van der Waals surface area contributed by atoms with Crippen LogP contribution in [0.1, 0.15) is 36.9 Å². The lowest BCUT2D eigenvalue weighted by atomic mass is 10.00. The van der Waals surface area contributed by atoms with Crippen LogP contribution in [0.3, 0.4) is 0 Å². The highest BCUT2D eigenvalue weighted by Crippen LogP contribution is 2.29. The van der Waals surface area contributed by atoms with Crippen molar-refractivity contribution in [3.63, 3.8) is 0 Å². The summed E-state index contributed by atoms with van der Waals surface area (Å²) in [6.07, 6.45) is 7.13. The van der Waals surface area contributed by atoms with Crippen molar-refractivity contribution >= 4 is 27.5 Å². The molecule has 0 saturated heterocycles. The van der Waals surface area contributed by atoms with Crippen LogP contribution in [0.5, 0.6) is 0 Å². The molecular formula is C16H21BrClN3. The molecule has 0 aliphatic rings. The van der Waals surface area contributed by atoms with Gasteiger partial charge in [0.05, 0.1) is 6.20 Å². The molecule has 1 atom stereocenters. The fraction of sp³-hybridized carbons (Fsp3) is 0.438. The van der Waals surface area contributed by atoms with Crippen LogP contribution in [0.2, 0.25) is 5.02 Å². The molecule has 0 saturated carbocycles. The standard InChI is InChI=1S/C16H21BrClN3/c1-3-8-19-16(7-4-12-10-20-21(2)11-12)14-9-13(18)5-6-15(14)17/h5-6,9-11,16,19H,3-4,7-8H2,1-2H3. The Hall–Kier alpha value is -0.840. The van der Waals surface area contributed by atoms with Crippen molar-refractivity contribution in [1.82, 2.24) is 15.1 Å². The maximum atomic E-state index is 6.15. The molecule has 2 aromatic rings. The average molecular weight is 371 g/mol. The highest BCUT2D eigenvalue weighted by Gasteiger charge is 2.15. The largest absolute Gasteiger partial charge is 0.310 e. The molecule has 0 aliphatic carbocycles. The Morgan fingerprint density at radius 1 is 1.43 bits per heavy atom. The summed E-state index contributed by atoms with van der Waals surface area (Å²) in [6.45, 7) is 3.18. The smallest absolute Gasteiger partial charge is 0.0521 e. The molecule has 0 amide bonds. The first-order valence-electron chi connectivity index (χ1n) is 7.26. The van der Waals surface area contributed by atoms with Gasteiger partial charge >= 0.3 is 0 Å². The first kappa shape index (κ1) is 16.5. The van der Waals surface area contributed by atoms with E-state index in [1.54, 1.807) is 0 Å². The molecule has 1 N–H and O–H groups in total. The maximum Gasteiger partial charge on any atom is 0.0521 e. The van der Waals surface area contributed by atoms with E-state index in [4.69, 9.17) is 11.6 Å². The summed E-state index contributed by atoms with van der Waals surface area (Å²) < 4.78 is 2.95. The third-order valence-electron chi connectivity index (χ3n) is 3.45. The Kier molecular flexibility index (Phi) is 6.27. The molecule has 1 aromatic heterocycles. The van der Waals surface area contributed by atoms with E-state index in [1.165, 1.54) is 11.1 Å². The Balaban J connectivity index is 2.11. The van der Waals surface area contributed by atoms with Gasteiger partial charge in [0.25, 0.3) is 0 Å². The zero-order valence-corrected chi connectivity index (χ0v) is 14.8. The Bertz CT molecular complexity index is 583. The van der Waals surface area contributed by atoms with E-state index in [0.717, 1.165) is 35.3 Å². The van der Waals surface area contributed by atoms with Crippen molar-refractivity contribution < 1.29 is 0 Å². The van der Waals surface area contributed by atoms with Gasteiger partial charge in [-0.05, 0) is 55.1 Å². The summed E-state index contributed by atoms with van der Waals surface area (Å²) in [5.74, 6) is 0. The van der Waals surface area contributed by atoms with E-state index in [1.807, 2.05) is 36.1 Å². The lowest BCUT2D eigenvalue weighted by Gasteiger charge is -2.20. The average Bonchev–Trinajstić information content (AvgIpc) is 2.88. The van der Waals surface area contributed by atoms with Crippen LogP contribution in [0.4, 0.5) is 0 Å². The van der Waals surface area contributed by atoms with Crippen LogP contribution in [-0.2, 0) is 13.5 Å². The summed E-state index contributed by atoms with van der Waals surface area (Å²) in [5.41, 5.74) is 2.48. The SMILES string of the molecule is CCCNC(CCc1cnn(C)c1)c1cc(Cl)ccc1Br. The van der Waals surface area contributed by atoms with Crippen LogP contribution >= 0.6 is 27.5 Å². The lowest BCUT2D eigenvalue weighted by Crippen LogP contribution is -2.23. The van der Waals surface area contributed by atoms with E-state index in [0.29, 0.717) is 6.04 Å². The van der Waals surface area contributed by atoms with Crippen molar-refractivity contribution in [1.29, 1.82) is 0 Å². The van der Waals surface area contributed by atoms with Gasteiger partial charge in [0.1, 0.15) is 0 Å². The molecule has 21 heavy (non-hydrogen) atoms. The Morgan fingerprint density at radius 2 is 2.24 bits per heavy atom. The first-order chi connectivity index (χ1) is 10.1. The van der Waals surface area contributed by atoms with Gasteiger partial charge in [0.15, 0.2) is 0 Å². The molecule has 114 valence electrons. The Morgan fingerprint density at radius 3 is 2.90 bits per heavy atom. The second-order valence-electron chi connectivity index (χ2n) is 5.23. The molecule has 5 heteroatoms. The molecule has 1 aromatic carbocycles. The van der Waals surface area contributed by atoms with Crippen molar-refractivity contribution in [2.24, 2.45) is 7.05 Å². The molecule has 0 bridgehead atoms. The number of benzene rings is 1. The quantitative estimate of drug-likeness (QED) is 0.777. The van der Waals surface area contributed by atoms with Gasteiger partial charge in [-0.1, -0.05) is 34.5 Å². The van der Waals surface area contributed by atoms with Crippen molar-refractivity contribution in [3.8, 4) is 0 Å². The third-order valence-corrected chi connectivity index (χ3v) is 4.41. The predicted molar refractivity (Wildman–Crippen MR) is 91.7 cm³/mol. The molecule has 2 rings (SSSR count). The van der Waals surface area contributed by atoms with E-state index in [9.17, 15) is 0 Å². The molecule has 0 spiro atoms. The second kappa shape index (κ2) is 7.97. The minimum atomic E-state index is 0.290. The molecular weight excluding hydrogens is 350 g/mol. The molecule has 0 fully saturated rings. The predicted octanol–water partition coefficient (Wildman–Crippen LogP) is 4.51. The molecule has 0 aliphatic heterocycles. The minimum absolute atomic E-state index is 0.290. The summed E-state index contributed by atoms with van der Waals surface area (Å²) in [6, 6.07) is 6.26. The van der Waals surface area contributed by atoms with E-state index in [-0.39, 0.29) is 0 Å². The van der Waals surface area contributed by atoms with Crippen molar-refractivity contribution in [2.45, 2.75) is 32.2 Å². The number of nitrogens with zero attached hydrogens (tertiary/aromatic N) is 2. The number of hydrogen-bond acceptors (Lipinski definition) is 2. The highest BCUT2D eigenvalue weighted by molar-refractivity contribution is 9.10. The lowest BCUT2D eigenvalue weighted by molar-refractivity contribution is 0.498. The highest BCUT2D eigenvalue weighted by atomic mass is 79.9. The second-order valence-corrected chi connectivity index (χ2v) is 6.52. The number of aryl methyl sites for hydroxylation is 2.